The van der Waals surface area contributed by atoms with Crippen molar-refractivity contribution in [3.63, 3.8) is 0 Å². The Labute approximate surface area is 114 Å². The molecule has 0 aliphatic rings. The van der Waals surface area contributed by atoms with E-state index in [2.05, 4.69) is 33.0 Å². The van der Waals surface area contributed by atoms with E-state index < -0.39 is 0 Å². The Morgan fingerprint density at radius 2 is 2.06 bits per heavy atom. The van der Waals surface area contributed by atoms with Gasteiger partial charge in [-0.3, -0.25) is 0 Å². The standard InChI is InChI=1S/C12H12BrClN2O/c1-16(12-15-11(6-14)8-17-12)7-9-2-4-10(13)5-3-9/h2-5,8H,6-7H2,1H3. The summed E-state index contributed by atoms with van der Waals surface area (Å²) < 4.78 is 6.41. The molecule has 0 saturated carbocycles. The Hall–Kier alpha value is -1.00. The van der Waals surface area contributed by atoms with Crippen LogP contribution < -0.4 is 4.90 Å². The molecule has 0 spiro atoms. The molecule has 0 fully saturated rings. The number of oxazole rings is 1. The molecule has 0 radical (unpaired) electrons. The van der Waals surface area contributed by atoms with Gasteiger partial charge in [-0.15, -0.1) is 11.6 Å². The topological polar surface area (TPSA) is 29.3 Å². The highest BCUT2D eigenvalue weighted by Gasteiger charge is 2.08. The Morgan fingerprint density at radius 3 is 2.65 bits per heavy atom. The summed E-state index contributed by atoms with van der Waals surface area (Å²) in [6, 6.07) is 8.74. The molecule has 0 N–H and O–H groups in total. The van der Waals surface area contributed by atoms with Crippen molar-refractivity contribution in [3.05, 3.63) is 46.3 Å². The fourth-order valence-electron chi connectivity index (χ4n) is 1.46. The molecule has 1 aromatic carbocycles. The van der Waals surface area contributed by atoms with Crippen LogP contribution in [0, 0.1) is 0 Å². The number of benzene rings is 1. The maximum atomic E-state index is 5.68. The van der Waals surface area contributed by atoms with Crippen LogP contribution in [0.3, 0.4) is 0 Å². The van der Waals surface area contributed by atoms with Gasteiger partial charge in [-0.2, -0.15) is 4.98 Å². The smallest absolute Gasteiger partial charge is 0.297 e. The van der Waals surface area contributed by atoms with E-state index in [1.165, 1.54) is 5.56 Å². The van der Waals surface area contributed by atoms with Crippen molar-refractivity contribution >= 4 is 33.5 Å². The van der Waals surface area contributed by atoms with Gasteiger partial charge in [0.05, 0.1) is 11.6 Å². The lowest BCUT2D eigenvalue weighted by molar-refractivity contribution is 0.544. The highest BCUT2D eigenvalue weighted by molar-refractivity contribution is 9.10. The molecule has 17 heavy (non-hydrogen) atoms. The number of hydrogen-bond acceptors (Lipinski definition) is 3. The minimum atomic E-state index is 0.371. The second-order valence-electron chi connectivity index (χ2n) is 3.74. The van der Waals surface area contributed by atoms with Crippen LogP contribution >= 0.6 is 27.5 Å². The predicted molar refractivity (Wildman–Crippen MR) is 72.3 cm³/mol. The van der Waals surface area contributed by atoms with Crippen molar-refractivity contribution < 1.29 is 4.42 Å². The van der Waals surface area contributed by atoms with Gasteiger partial charge in [-0.25, -0.2) is 0 Å². The van der Waals surface area contributed by atoms with Crippen molar-refractivity contribution in [1.29, 1.82) is 0 Å². The van der Waals surface area contributed by atoms with Crippen molar-refractivity contribution in [2.75, 3.05) is 11.9 Å². The van der Waals surface area contributed by atoms with E-state index in [0.717, 1.165) is 16.7 Å². The van der Waals surface area contributed by atoms with Crippen molar-refractivity contribution in [3.8, 4) is 0 Å². The SMILES string of the molecule is CN(Cc1ccc(Br)cc1)c1nc(CCl)co1. The number of nitrogens with zero attached hydrogens (tertiary/aromatic N) is 2. The van der Waals surface area contributed by atoms with Crippen LogP contribution in [0.5, 0.6) is 0 Å². The third kappa shape index (κ3) is 3.23. The van der Waals surface area contributed by atoms with E-state index in [9.17, 15) is 0 Å². The number of aromatic nitrogens is 1. The molecule has 0 atom stereocenters. The summed E-state index contributed by atoms with van der Waals surface area (Å²) in [5.41, 5.74) is 1.95. The molecule has 3 nitrogen and oxygen atoms in total. The monoisotopic (exact) mass is 314 g/mol. The first-order valence-electron chi connectivity index (χ1n) is 5.15. The highest BCUT2D eigenvalue weighted by atomic mass is 79.9. The fraction of sp³-hybridized carbons (Fsp3) is 0.250. The number of alkyl halides is 1. The number of hydrogen-bond donors (Lipinski definition) is 0. The van der Waals surface area contributed by atoms with Gasteiger partial charge in [0.2, 0.25) is 0 Å². The predicted octanol–water partition coefficient (Wildman–Crippen LogP) is 3.81. The maximum Gasteiger partial charge on any atom is 0.297 e. The molecule has 5 heteroatoms. The normalized spacial score (nSPS) is 10.5. The first-order chi connectivity index (χ1) is 8.19. The molecule has 0 aliphatic heterocycles. The molecule has 0 saturated heterocycles. The van der Waals surface area contributed by atoms with Crippen LogP contribution in [0.25, 0.3) is 0 Å². The number of halogens is 2. The van der Waals surface area contributed by atoms with Crippen molar-refractivity contribution in [2.45, 2.75) is 12.4 Å². The molecule has 0 amide bonds. The van der Waals surface area contributed by atoms with E-state index in [1.807, 2.05) is 24.1 Å². The van der Waals surface area contributed by atoms with Crippen LogP contribution in [0.4, 0.5) is 6.01 Å². The second-order valence-corrected chi connectivity index (χ2v) is 4.92. The van der Waals surface area contributed by atoms with Gasteiger partial charge < -0.3 is 9.32 Å². The van der Waals surface area contributed by atoms with E-state index >= 15 is 0 Å². The molecule has 2 rings (SSSR count). The molecule has 0 bridgehead atoms. The van der Waals surface area contributed by atoms with E-state index in [1.54, 1.807) is 6.26 Å². The lowest BCUT2D eigenvalue weighted by Gasteiger charge is -2.14. The van der Waals surface area contributed by atoms with Gasteiger partial charge in [-0.05, 0) is 17.7 Å². The molecule has 0 aliphatic carbocycles. The molecule has 1 heterocycles. The summed E-state index contributed by atoms with van der Waals surface area (Å²) in [6.45, 7) is 0.746. The quantitative estimate of drug-likeness (QED) is 0.803. The Bertz CT molecular complexity index is 484. The van der Waals surface area contributed by atoms with Gasteiger partial charge in [-0.1, -0.05) is 28.1 Å². The third-order valence-electron chi connectivity index (χ3n) is 2.34. The molecule has 90 valence electrons. The first-order valence-corrected chi connectivity index (χ1v) is 6.48. The number of rotatable bonds is 4. The third-order valence-corrected chi connectivity index (χ3v) is 3.14. The van der Waals surface area contributed by atoms with Gasteiger partial charge >= 0.3 is 0 Å². The molecule has 0 unspecified atom stereocenters. The van der Waals surface area contributed by atoms with Crippen molar-refractivity contribution in [1.82, 2.24) is 4.98 Å². The zero-order valence-corrected chi connectivity index (χ0v) is 11.7. The Balaban J connectivity index is 2.05. The second kappa shape index (κ2) is 5.56. The summed E-state index contributed by atoms with van der Waals surface area (Å²) in [5.74, 6) is 0.371. The molecule has 2 aromatic rings. The van der Waals surface area contributed by atoms with Crippen LogP contribution in [-0.2, 0) is 12.4 Å². The van der Waals surface area contributed by atoms with Crippen LogP contribution in [0.1, 0.15) is 11.3 Å². The largest absolute Gasteiger partial charge is 0.432 e. The Morgan fingerprint density at radius 1 is 1.35 bits per heavy atom. The lowest BCUT2D eigenvalue weighted by atomic mass is 10.2. The van der Waals surface area contributed by atoms with E-state index in [0.29, 0.717) is 11.9 Å². The van der Waals surface area contributed by atoms with Gasteiger partial charge in [0.1, 0.15) is 6.26 Å². The summed E-state index contributed by atoms with van der Waals surface area (Å²) >= 11 is 9.09. The van der Waals surface area contributed by atoms with Crippen LogP contribution in [0.15, 0.2) is 39.4 Å². The van der Waals surface area contributed by atoms with Crippen molar-refractivity contribution in [2.24, 2.45) is 0 Å². The van der Waals surface area contributed by atoms with Gasteiger partial charge in [0, 0.05) is 18.1 Å². The van der Waals surface area contributed by atoms with Crippen LogP contribution in [0.2, 0.25) is 0 Å². The molecular formula is C12H12BrClN2O. The fourth-order valence-corrected chi connectivity index (χ4v) is 1.85. The summed E-state index contributed by atoms with van der Waals surface area (Å²) in [4.78, 5) is 6.20. The lowest BCUT2D eigenvalue weighted by Crippen LogP contribution is -2.16. The first kappa shape index (κ1) is 12.5. The average molecular weight is 316 g/mol. The summed E-state index contributed by atoms with van der Waals surface area (Å²) in [5, 5.41) is 0. The highest BCUT2D eigenvalue weighted by Crippen LogP contribution is 2.17. The zero-order chi connectivity index (χ0) is 12.3. The van der Waals surface area contributed by atoms with Gasteiger partial charge in [0.15, 0.2) is 0 Å². The molecule has 1 aromatic heterocycles. The molecular weight excluding hydrogens is 304 g/mol. The van der Waals surface area contributed by atoms with Gasteiger partial charge in [0.25, 0.3) is 6.01 Å². The minimum absolute atomic E-state index is 0.371. The average Bonchev–Trinajstić information content (AvgIpc) is 2.81. The Kier molecular flexibility index (Phi) is 4.07. The summed E-state index contributed by atoms with van der Waals surface area (Å²) in [7, 11) is 1.94. The minimum Gasteiger partial charge on any atom is -0.432 e. The zero-order valence-electron chi connectivity index (χ0n) is 9.36. The maximum absolute atomic E-state index is 5.68. The summed E-state index contributed by atoms with van der Waals surface area (Å²) in [6.07, 6.45) is 1.58. The van der Waals surface area contributed by atoms with E-state index in [4.69, 9.17) is 16.0 Å². The van der Waals surface area contributed by atoms with E-state index in [-0.39, 0.29) is 0 Å². The van der Waals surface area contributed by atoms with Crippen LogP contribution in [-0.4, -0.2) is 12.0 Å². The number of anilines is 1.